The second-order valence-corrected chi connectivity index (χ2v) is 11.1. The van der Waals surface area contributed by atoms with E-state index in [0.717, 1.165) is 11.5 Å². The average molecular weight is 616 g/mol. The number of nitrogen functional groups attached to an aromatic ring is 1. The lowest BCUT2D eigenvalue weighted by Gasteiger charge is -2.49. The minimum atomic E-state index is -1.27. The largest absolute Gasteiger partial charge is 0.477 e. The SMILES string of the molecule is CCC(CC)O/N=C(\C(=O)N[C@@H]1C(=O)N2C(C(=O)O)=C(C[n+]3cc(NC=O)n4ncccc43)CS[C@H]12)c1nsc(N)n1. The fraction of sp³-hybridized carbons (Fsp3) is 0.375. The highest BCUT2D eigenvalue weighted by molar-refractivity contribution is 8.00. The van der Waals surface area contributed by atoms with Crippen LogP contribution in [0.25, 0.3) is 5.65 Å². The third kappa shape index (κ3) is 5.37. The second kappa shape index (κ2) is 12.1. The van der Waals surface area contributed by atoms with Gasteiger partial charge < -0.3 is 21.0 Å². The van der Waals surface area contributed by atoms with Crippen LogP contribution >= 0.6 is 23.3 Å². The van der Waals surface area contributed by atoms with Crippen molar-refractivity contribution in [2.45, 2.75) is 50.8 Å². The molecule has 0 aliphatic carbocycles. The number of amides is 3. The molecule has 5 heterocycles. The van der Waals surface area contributed by atoms with Gasteiger partial charge in [0.15, 0.2) is 11.3 Å². The summed E-state index contributed by atoms with van der Waals surface area (Å²) in [4.78, 5) is 60.7. The third-order valence-electron chi connectivity index (χ3n) is 6.71. The Morgan fingerprint density at radius 1 is 1.38 bits per heavy atom. The number of aromatic nitrogens is 5. The first kappa shape index (κ1) is 28.9. The summed E-state index contributed by atoms with van der Waals surface area (Å²) in [6, 6.07) is 2.46. The maximum Gasteiger partial charge on any atom is 0.352 e. The van der Waals surface area contributed by atoms with E-state index >= 15 is 0 Å². The van der Waals surface area contributed by atoms with Gasteiger partial charge >= 0.3 is 11.6 Å². The summed E-state index contributed by atoms with van der Waals surface area (Å²) >= 11 is 2.20. The van der Waals surface area contributed by atoms with Gasteiger partial charge in [0.1, 0.15) is 29.8 Å². The summed E-state index contributed by atoms with van der Waals surface area (Å²) in [6.07, 6.45) is 4.78. The Morgan fingerprint density at radius 3 is 2.83 bits per heavy atom. The van der Waals surface area contributed by atoms with Crippen LogP contribution in [0.2, 0.25) is 0 Å². The van der Waals surface area contributed by atoms with Crippen LogP contribution in [0.1, 0.15) is 32.5 Å². The Labute approximate surface area is 246 Å². The average Bonchev–Trinajstić information content (AvgIpc) is 3.57. The van der Waals surface area contributed by atoms with Crippen molar-refractivity contribution in [2.75, 3.05) is 16.8 Å². The number of fused-ring (bicyclic) bond motifs is 2. The number of rotatable bonds is 12. The Morgan fingerprint density at radius 2 is 2.17 bits per heavy atom. The van der Waals surface area contributed by atoms with E-state index in [1.807, 2.05) is 13.8 Å². The number of carboxylic acid groups (broad SMARTS) is 1. The van der Waals surface area contributed by atoms with E-state index in [9.17, 15) is 24.3 Å². The van der Waals surface area contributed by atoms with Crippen molar-refractivity contribution in [1.82, 2.24) is 29.2 Å². The molecule has 220 valence electrons. The van der Waals surface area contributed by atoms with Gasteiger partial charge in [0.25, 0.3) is 17.6 Å². The molecule has 0 saturated carbocycles. The third-order valence-corrected chi connectivity index (χ3v) is 8.59. The van der Waals surface area contributed by atoms with Crippen LogP contribution < -0.4 is 20.9 Å². The van der Waals surface area contributed by atoms with Crippen molar-refractivity contribution in [3.63, 3.8) is 0 Å². The number of carbonyl (C=O) groups is 4. The quantitative estimate of drug-likeness (QED) is 0.0699. The smallest absolute Gasteiger partial charge is 0.352 e. The number of carboxylic acids is 1. The maximum atomic E-state index is 13.3. The van der Waals surface area contributed by atoms with E-state index in [-0.39, 0.29) is 40.8 Å². The fourth-order valence-corrected chi connectivity index (χ4v) is 6.39. The van der Waals surface area contributed by atoms with Gasteiger partial charge in [-0.25, -0.2) is 9.36 Å². The van der Waals surface area contributed by atoms with E-state index in [2.05, 4.69) is 30.2 Å². The number of carbonyl (C=O) groups excluding carboxylic acids is 3. The number of oxime groups is 1. The number of β-lactam (4-membered cyclic amide) rings is 1. The number of thioether (sulfide) groups is 1. The molecule has 3 amide bonds. The lowest BCUT2D eigenvalue weighted by molar-refractivity contribution is -0.662. The van der Waals surface area contributed by atoms with Crippen LogP contribution in [0.15, 0.2) is 41.0 Å². The second-order valence-electron chi connectivity index (χ2n) is 9.26. The van der Waals surface area contributed by atoms with E-state index in [4.69, 9.17) is 10.6 Å². The van der Waals surface area contributed by atoms with Crippen molar-refractivity contribution in [1.29, 1.82) is 0 Å². The van der Waals surface area contributed by atoms with Gasteiger partial charge in [-0.2, -0.15) is 9.36 Å². The molecule has 0 radical (unpaired) electrons. The Bertz CT molecular complexity index is 1610. The van der Waals surface area contributed by atoms with E-state index < -0.39 is 29.2 Å². The zero-order valence-corrected chi connectivity index (χ0v) is 24.1. The lowest BCUT2D eigenvalue weighted by Crippen LogP contribution is -2.71. The molecule has 1 saturated heterocycles. The highest BCUT2D eigenvalue weighted by Crippen LogP contribution is 2.40. The highest BCUT2D eigenvalue weighted by atomic mass is 32.2. The Hall–Kier alpha value is -4.58. The molecule has 42 heavy (non-hydrogen) atoms. The van der Waals surface area contributed by atoms with Gasteiger partial charge in [0.2, 0.25) is 17.9 Å². The summed E-state index contributed by atoms with van der Waals surface area (Å²) in [7, 11) is 0. The number of nitrogens with zero attached hydrogens (tertiary/aromatic N) is 7. The lowest BCUT2D eigenvalue weighted by atomic mass is 10.0. The van der Waals surface area contributed by atoms with Crippen LogP contribution in [-0.2, 0) is 30.6 Å². The number of nitrogens with two attached hydrogens (primary N) is 1. The predicted molar refractivity (Wildman–Crippen MR) is 151 cm³/mol. The monoisotopic (exact) mass is 615 g/mol. The summed E-state index contributed by atoms with van der Waals surface area (Å²) in [6.45, 7) is 3.96. The number of aliphatic carboxylic acids is 1. The van der Waals surface area contributed by atoms with Crippen molar-refractivity contribution < 1.29 is 33.7 Å². The van der Waals surface area contributed by atoms with Crippen molar-refractivity contribution in [3.05, 3.63) is 41.6 Å². The molecule has 1 fully saturated rings. The number of hydrogen-bond acceptors (Lipinski definition) is 12. The number of anilines is 2. The van der Waals surface area contributed by atoms with Gasteiger partial charge in [-0.1, -0.05) is 28.6 Å². The standard InChI is InChI=1S/C24H26N10O6S2/c1-3-13(4-2)40-30-16(19-29-24(25)42-31-19)20(36)28-17-21(37)33-18(23(38)39)12(10-41-22(17)33)8-32-9-14(26-11-35)34-15(32)6-5-7-27-34/h5-7,9,11,13,17,22H,3-4,8,10H2,1-2H3,(H4-,25,26,27,28,29,31,35,36,38,39)/p+1/b30-16-/t17-,22-/m1/s1. The van der Waals surface area contributed by atoms with Crippen LogP contribution in [0, 0.1) is 0 Å². The van der Waals surface area contributed by atoms with Crippen molar-refractivity contribution >= 4 is 69.8 Å². The molecule has 2 aliphatic rings. The van der Waals surface area contributed by atoms with Crippen LogP contribution in [0.4, 0.5) is 10.9 Å². The fourth-order valence-electron chi connectivity index (χ4n) is 4.62. The molecule has 18 heteroatoms. The van der Waals surface area contributed by atoms with Crippen molar-refractivity contribution in [3.8, 4) is 0 Å². The van der Waals surface area contributed by atoms with E-state index in [1.165, 1.54) is 21.2 Å². The molecule has 2 aliphatic heterocycles. The molecular formula is C24H27N10O6S2+. The van der Waals surface area contributed by atoms with Crippen LogP contribution in [-0.4, -0.2) is 82.2 Å². The first-order valence-electron chi connectivity index (χ1n) is 12.9. The normalized spacial score (nSPS) is 18.6. The molecule has 0 spiro atoms. The first-order chi connectivity index (χ1) is 20.3. The van der Waals surface area contributed by atoms with Gasteiger partial charge in [0.05, 0.1) is 6.20 Å². The molecule has 3 aromatic heterocycles. The van der Waals surface area contributed by atoms with Crippen LogP contribution in [0.3, 0.4) is 0 Å². The molecule has 5 N–H and O–H groups in total. The maximum absolute atomic E-state index is 13.3. The zero-order chi connectivity index (χ0) is 30.0. The summed E-state index contributed by atoms with van der Waals surface area (Å²) in [5, 5.41) is 23.0. The predicted octanol–water partition coefficient (Wildman–Crippen LogP) is -0.0281. The topological polar surface area (TPSA) is 210 Å². The molecule has 5 rings (SSSR count). The summed E-state index contributed by atoms with van der Waals surface area (Å²) in [5.41, 5.74) is 6.38. The Balaban J connectivity index is 1.38. The minimum Gasteiger partial charge on any atom is -0.477 e. The van der Waals surface area contributed by atoms with Crippen molar-refractivity contribution in [2.24, 2.45) is 5.16 Å². The molecule has 0 bridgehead atoms. The number of imidazole rings is 1. The molecule has 0 aromatic carbocycles. The number of nitrogens with one attached hydrogen (secondary N) is 2. The van der Waals surface area contributed by atoms with Gasteiger partial charge in [0, 0.05) is 28.9 Å². The molecule has 0 unspecified atom stereocenters. The molecular weight excluding hydrogens is 588 g/mol. The van der Waals surface area contributed by atoms with E-state index in [0.29, 0.717) is 36.3 Å². The highest BCUT2D eigenvalue weighted by Gasteiger charge is 2.54. The Kier molecular flexibility index (Phi) is 8.34. The molecule has 16 nitrogen and oxygen atoms in total. The zero-order valence-electron chi connectivity index (χ0n) is 22.5. The van der Waals surface area contributed by atoms with Gasteiger partial charge in [-0.15, -0.1) is 11.8 Å². The van der Waals surface area contributed by atoms with Gasteiger partial charge in [-0.05, 0) is 18.9 Å². The summed E-state index contributed by atoms with van der Waals surface area (Å²) < 4.78 is 7.29. The first-order valence-corrected chi connectivity index (χ1v) is 14.7. The molecule has 3 aromatic rings. The van der Waals surface area contributed by atoms with Crippen LogP contribution in [0.5, 0.6) is 0 Å². The summed E-state index contributed by atoms with van der Waals surface area (Å²) in [5.74, 6) is -1.98. The van der Waals surface area contributed by atoms with E-state index in [1.54, 1.807) is 29.1 Å². The minimum absolute atomic E-state index is 0.0379. The number of hydrogen-bond donors (Lipinski definition) is 4. The molecule has 2 atom stereocenters. The van der Waals surface area contributed by atoms with Gasteiger partial charge in [-0.3, -0.25) is 24.6 Å².